The molecule has 0 aliphatic carbocycles. The van der Waals surface area contributed by atoms with Crippen LogP contribution in [-0.2, 0) is 0 Å². The molecule has 0 amide bonds. The van der Waals surface area contributed by atoms with E-state index in [0.29, 0.717) is 6.07 Å². The van der Waals surface area contributed by atoms with Crippen molar-refractivity contribution >= 4 is 22.6 Å². The Morgan fingerprint density at radius 2 is 1.67 bits per heavy atom. The van der Waals surface area contributed by atoms with Crippen LogP contribution in [-0.4, -0.2) is 12.5 Å². The Kier molecular flexibility index (Phi) is 4.36. The van der Waals surface area contributed by atoms with Gasteiger partial charge in [-0.25, -0.2) is 0 Å². The van der Waals surface area contributed by atoms with E-state index in [0.717, 1.165) is 12.1 Å². The Morgan fingerprint density at radius 3 is 2.11 bits per heavy atom. The minimum atomic E-state index is -4.97. The van der Waals surface area contributed by atoms with Crippen LogP contribution in [0.15, 0.2) is 18.2 Å². The van der Waals surface area contributed by atoms with Gasteiger partial charge in [0.1, 0.15) is 11.8 Å². The van der Waals surface area contributed by atoms with Crippen LogP contribution < -0.4 is 10.5 Å². The minimum Gasteiger partial charge on any atom is -0.405 e. The summed E-state index contributed by atoms with van der Waals surface area (Å²) in [6, 6.07) is 0.351. The van der Waals surface area contributed by atoms with Crippen molar-refractivity contribution in [3.63, 3.8) is 0 Å². The predicted octanol–water partition coefficient (Wildman–Crippen LogP) is 3.75. The highest BCUT2D eigenvalue weighted by molar-refractivity contribution is 14.1. The van der Waals surface area contributed by atoms with Crippen molar-refractivity contribution in [3.05, 3.63) is 27.3 Å². The number of alkyl halides is 6. The van der Waals surface area contributed by atoms with Gasteiger partial charge in [0.2, 0.25) is 0 Å². The van der Waals surface area contributed by atoms with Crippen LogP contribution in [0.25, 0.3) is 0 Å². The number of nitrogens with two attached hydrogens (primary N) is 1. The van der Waals surface area contributed by atoms with Crippen LogP contribution >= 0.6 is 22.6 Å². The van der Waals surface area contributed by atoms with E-state index in [1.54, 1.807) is 0 Å². The number of halogens is 7. The lowest BCUT2D eigenvalue weighted by Gasteiger charge is -2.18. The standard InChI is InChI=1S/C9H6F6INO/c10-8(11,12)7(17)4-1-2-5(16)6(3-4)18-9(13,14)15/h1-3,7H,17H2/t7-/m1/s1. The monoisotopic (exact) mass is 385 g/mol. The van der Waals surface area contributed by atoms with E-state index in [4.69, 9.17) is 5.73 Å². The van der Waals surface area contributed by atoms with Crippen molar-refractivity contribution in [2.45, 2.75) is 18.6 Å². The summed E-state index contributed by atoms with van der Waals surface area (Å²) in [4.78, 5) is 0. The Morgan fingerprint density at radius 1 is 1.11 bits per heavy atom. The van der Waals surface area contributed by atoms with Gasteiger partial charge in [-0.15, -0.1) is 13.2 Å². The molecular weight excluding hydrogens is 379 g/mol. The van der Waals surface area contributed by atoms with Crippen LogP contribution in [0.4, 0.5) is 26.3 Å². The average molecular weight is 385 g/mol. The van der Waals surface area contributed by atoms with Gasteiger partial charge in [-0.3, -0.25) is 0 Å². The van der Waals surface area contributed by atoms with Gasteiger partial charge in [0, 0.05) is 0 Å². The molecule has 0 aliphatic heterocycles. The molecule has 0 spiro atoms. The van der Waals surface area contributed by atoms with E-state index in [2.05, 4.69) is 4.74 Å². The molecular formula is C9H6F6INO. The molecule has 1 atom stereocenters. The number of ether oxygens (including phenoxy) is 1. The van der Waals surface area contributed by atoms with Crippen molar-refractivity contribution in [1.29, 1.82) is 0 Å². The molecule has 102 valence electrons. The number of hydrogen-bond acceptors (Lipinski definition) is 2. The fraction of sp³-hybridized carbons (Fsp3) is 0.333. The normalized spacial score (nSPS) is 14.4. The van der Waals surface area contributed by atoms with Crippen molar-refractivity contribution in [2.24, 2.45) is 5.73 Å². The third-order valence-corrected chi connectivity index (χ3v) is 2.78. The molecule has 1 rings (SSSR count). The smallest absolute Gasteiger partial charge is 0.405 e. The summed E-state index contributed by atoms with van der Waals surface area (Å²) in [5, 5.41) is 0. The van der Waals surface area contributed by atoms with E-state index in [1.807, 2.05) is 0 Å². The number of hydrogen-bond donors (Lipinski definition) is 1. The zero-order chi connectivity index (χ0) is 14.1. The van der Waals surface area contributed by atoms with E-state index in [9.17, 15) is 26.3 Å². The van der Waals surface area contributed by atoms with Crippen molar-refractivity contribution in [3.8, 4) is 5.75 Å². The zero-order valence-corrected chi connectivity index (χ0v) is 10.6. The van der Waals surface area contributed by atoms with Gasteiger partial charge in [-0.2, -0.15) is 13.2 Å². The lowest BCUT2D eigenvalue weighted by molar-refractivity contribution is -0.275. The van der Waals surface area contributed by atoms with Crippen LogP contribution in [0.5, 0.6) is 5.75 Å². The first kappa shape index (κ1) is 15.3. The molecule has 2 nitrogen and oxygen atoms in total. The highest BCUT2D eigenvalue weighted by atomic mass is 127. The van der Waals surface area contributed by atoms with E-state index in [1.165, 1.54) is 22.6 Å². The van der Waals surface area contributed by atoms with Crippen molar-refractivity contribution in [2.75, 3.05) is 0 Å². The summed E-state index contributed by atoms with van der Waals surface area (Å²) in [5.41, 5.74) is 4.39. The van der Waals surface area contributed by atoms with Crippen LogP contribution in [0.1, 0.15) is 11.6 Å². The molecule has 0 unspecified atom stereocenters. The molecule has 0 aromatic heterocycles. The molecule has 0 radical (unpaired) electrons. The van der Waals surface area contributed by atoms with Gasteiger partial charge in [-0.1, -0.05) is 6.07 Å². The number of benzene rings is 1. The van der Waals surface area contributed by atoms with Crippen molar-refractivity contribution < 1.29 is 31.1 Å². The summed E-state index contributed by atoms with van der Waals surface area (Å²) in [6.07, 6.45) is -9.71. The number of rotatable bonds is 2. The van der Waals surface area contributed by atoms with E-state index >= 15 is 0 Å². The molecule has 18 heavy (non-hydrogen) atoms. The maximum absolute atomic E-state index is 12.3. The third-order valence-electron chi connectivity index (χ3n) is 1.89. The highest BCUT2D eigenvalue weighted by Crippen LogP contribution is 2.35. The Hall–Kier alpha value is -0.710. The van der Waals surface area contributed by atoms with Gasteiger partial charge < -0.3 is 10.5 Å². The Labute approximate surface area is 111 Å². The summed E-state index contributed by atoms with van der Waals surface area (Å²) in [5.74, 6) is -0.708. The summed E-state index contributed by atoms with van der Waals surface area (Å²) >= 11 is 1.51. The largest absolute Gasteiger partial charge is 0.573 e. The van der Waals surface area contributed by atoms with Gasteiger partial charge in [0.05, 0.1) is 3.57 Å². The zero-order valence-electron chi connectivity index (χ0n) is 8.44. The molecule has 1 aromatic carbocycles. The Bertz CT molecular complexity index is 430. The Balaban J connectivity index is 3.08. The summed E-state index contributed by atoms with van der Waals surface area (Å²) in [6.45, 7) is 0. The lowest BCUT2D eigenvalue weighted by Crippen LogP contribution is -2.28. The minimum absolute atomic E-state index is 0.0306. The molecule has 0 fully saturated rings. The first-order valence-corrected chi connectivity index (χ1v) is 5.46. The molecule has 9 heteroatoms. The summed E-state index contributed by atoms with van der Waals surface area (Å²) in [7, 11) is 0. The molecule has 0 saturated carbocycles. The van der Waals surface area contributed by atoms with Gasteiger partial charge >= 0.3 is 12.5 Å². The maximum atomic E-state index is 12.3. The predicted molar refractivity (Wildman–Crippen MR) is 58.8 cm³/mol. The highest BCUT2D eigenvalue weighted by Gasteiger charge is 2.39. The first-order chi connectivity index (χ1) is 8.00. The topological polar surface area (TPSA) is 35.2 Å². The van der Waals surface area contributed by atoms with Gasteiger partial charge in [-0.05, 0) is 40.3 Å². The van der Waals surface area contributed by atoms with Crippen LogP contribution in [0, 0.1) is 3.57 Å². The summed E-state index contributed by atoms with van der Waals surface area (Å²) < 4.78 is 76.6. The van der Waals surface area contributed by atoms with Crippen LogP contribution in [0.2, 0.25) is 0 Å². The fourth-order valence-electron chi connectivity index (χ4n) is 1.11. The van der Waals surface area contributed by atoms with Gasteiger partial charge in [0.15, 0.2) is 0 Å². The molecule has 0 bridgehead atoms. The second-order valence-corrected chi connectivity index (χ2v) is 4.42. The van der Waals surface area contributed by atoms with E-state index < -0.39 is 29.9 Å². The van der Waals surface area contributed by atoms with E-state index in [-0.39, 0.29) is 3.57 Å². The fourth-order valence-corrected chi connectivity index (χ4v) is 1.55. The van der Waals surface area contributed by atoms with Crippen LogP contribution in [0.3, 0.4) is 0 Å². The second-order valence-electron chi connectivity index (χ2n) is 3.26. The molecule has 0 aliphatic rings. The SMILES string of the molecule is N[C@H](c1ccc(I)c(OC(F)(F)F)c1)C(F)(F)F. The van der Waals surface area contributed by atoms with Crippen molar-refractivity contribution in [1.82, 2.24) is 0 Å². The van der Waals surface area contributed by atoms with Gasteiger partial charge in [0.25, 0.3) is 0 Å². The molecule has 2 N–H and O–H groups in total. The second kappa shape index (κ2) is 5.11. The third kappa shape index (κ3) is 4.19. The molecule has 0 saturated heterocycles. The first-order valence-electron chi connectivity index (χ1n) is 4.38. The quantitative estimate of drug-likeness (QED) is 0.622. The molecule has 1 aromatic rings. The lowest BCUT2D eigenvalue weighted by atomic mass is 10.1. The molecule has 0 heterocycles. The average Bonchev–Trinajstić information content (AvgIpc) is 2.17. The maximum Gasteiger partial charge on any atom is 0.573 e.